The van der Waals surface area contributed by atoms with Gasteiger partial charge in [-0.3, -0.25) is 9.79 Å². The molecular weight excluding hydrogens is 350 g/mol. The first kappa shape index (κ1) is 24.0. The molecule has 1 aromatic rings. The van der Waals surface area contributed by atoms with Crippen LogP contribution in [0.3, 0.4) is 0 Å². The molecule has 6 nitrogen and oxygen atoms in total. The monoisotopic (exact) mass is 389 g/mol. The quantitative estimate of drug-likeness (QED) is 0.377. The molecule has 3 N–H and O–H groups in total. The van der Waals surface area contributed by atoms with Crippen molar-refractivity contribution in [3.8, 4) is 0 Å². The standard InChI is InChI=1S/C22H39N5O/c1-6-11-21(28)26-20-14-9-13-19(16-20)17-24-22(23-5)25-18(4)12-10-15-27(7-2)8-3/h9,13-14,16,18H,6-8,10-12,15,17H2,1-5H3,(H,26,28)(H2,23,24,25). The predicted octanol–water partition coefficient (Wildman–Crippen LogP) is 3.60. The molecule has 0 fully saturated rings. The van der Waals surface area contributed by atoms with E-state index in [0.717, 1.165) is 49.7 Å². The van der Waals surface area contributed by atoms with Crippen LogP contribution in [0.2, 0.25) is 0 Å². The van der Waals surface area contributed by atoms with Crippen molar-refractivity contribution in [3.05, 3.63) is 29.8 Å². The van der Waals surface area contributed by atoms with Gasteiger partial charge in [-0.1, -0.05) is 32.9 Å². The van der Waals surface area contributed by atoms with Crippen molar-refractivity contribution in [2.75, 3.05) is 32.0 Å². The van der Waals surface area contributed by atoms with Crippen LogP contribution < -0.4 is 16.0 Å². The number of guanidine groups is 1. The number of rotatable bonds is 12. The third kappa shape index (κ3) is 9.74. The van der Waals surface area contributed by atoms with Crippen molar-refractivity contribution >= 4 is 17.6 Å². The van der Waals surface area contributed by atoms with E-state index in [2.05, 4.69) is 46.6 Å². The van der Waals surface area contributed by atoms with Gasteiger partial charge in [-0.15, -0.1) is 0 Å². The molecule has 1 unspecified atom stereocenters. The van der Waals surface area contributed by atoms with E-state index in [4.69, 9.17) is 0 Å². The Morgan fingerprint density at radius 1 is 1.21 bits per heavy atom. The average Bonchev–Trinajstić information content (AvgIpc) is 2.69. The van der Waals surface area contributed by atoms with Gasteiger partial charge in [0.05, 0.1) is 0 Å². The number of nitrogens with one attached hydrogen (secondary N) is 3. The molecule has 0 saturated heterocycles. The van der Waals surface area contributed by atoms with Crippen molar-refractivity contribution in [2.24, 2.45) is 4.99 Å². The van der Waals surface area contributed by atoms with E-state index >= 15 is 0 Å². The lowest BCUT2D eigenvalue weighted by atomic mass is 10.1. The molecule has 1 amide bonds. The molecule has 1 atom stereocenters. The van der Waals surface area contributed by atoms with Crippen LogP contribution >= 0.6 is 0 Å². The van der Waals surface area contributed by atoms with Crippen LogP contribution in [0.1, 0.15) is 58.9 Å². The maximum atomic E-state index is 11.8. The Bertz CT molecular complexity index is 598. The highest BCUT2D eigenvalue weighted by Crippen LogP contribution is 2.11. The summed E-state index contributed by atoms with van der Waals surface area (Å²) in [7, 11) is 1.79. The fourth-order valence-corrected chi connectivity index (χ4v) is 3.06. The van der Waals surface area contributed by atoms with Gasteiger partial charge in [-0.2, -0.15) is 0 Å². The molecule has 0 aliphatic carbocycles. The number of carbonyl (C=O) groups is 1. The van der Waals surface area contributed by atoms with Gasteiger partial charge in [0.25, 0.3) is 0 Å². The predicted molar refractivity (Wildman–Crippen MR) is 120 cm³/mol. The zero-order valence-electron chi connectivity index (χ0n) is 18.3. The number of benzene rings is 1. The van der Waals surface area contributed by atoms with Gasteiger partial charge in [0.2, 0.25) is 5.91 Å². The molecule has 0 aliphatic heterocycles. The molecule has 28 heavy (non-hydrogen) atoms. The summed E-state index contributed by atoms with van der Waals surface area (Å²) in [6.07, 6.45) is 3.68. The first-order chi connectivity index (χ1) is 13.5. The summed E-state index contributed by atoms with van der Waals surface area (Å²) < 4.78 is 0. The lowest BCUT2D eigenvalue weighted by Gasteiger charge is -2.21. The van der Waals surface area contributed by atoms with Crippen LogP contribution in [-0.4, -0.2) is 49.5 Å². The van der Waals surface area contributed by atoms with E-state index in [-0.39, 0.29) is 5.91 Å². The van der Waals surface area contributed by atoms with Gasteiger partial charge in [0.15, 0.2) is 5.96 Å². The van der Waals surface area contributed by atoms with E-state index in [0.29, 0.717) is 19.0 Å². The third-order valence-electron chi connectivity index (χ3n) is 4.76. The molecular formula is C22H39N5O. The number of nitrogens with zero attached hydrogens (tertiary/aromatic N) is 2. The van der Waals surface area contributed by atoms with Gasteiger partial charge in [0.1, 0.15) is 0 Å². The molecule has 0 radical (unpaired) electrons. The molecule has 0 spiro atoms. The lowest BCUT2D eigenvalue weighted by Crippen LogP contribution is -2.42. The Labute approximate surface area is 171 Å². The van der Waals surface area contributed by atoms with Gasteiger partial charge >= 0.3 is 0 Å². The smallest absolute Gasteiger partial charge is 0.224 e. The van der Waals surface area contributed by atoms with Crippen LogP contribution in [0.15, 0.2) is 29.3 Å². The number of amides is 1. The summed E-state index contributed by atoms with van der Waals surface area (Å²) in [5, 5.41) is 9.76. The van der Waals surface area contributed by atoms with Gasteiger partial charge < -0.3 is 20.9 Å². The van der Waals surface area contributed by atoms with E-state index in [1.165, 1.54) is 6.42 Å². The van der Waals surface area contributed by atoms with Crippen LogP contribution in [-0.2, 0) is 11.3 Å². The Morgan fingerprint density at radius 3 is 2.61 bits per heavy atom. The first-order valence-corrected chi connectivity index (χ1v) is 10.6. The Balaban J connectivity index is 2.44. The summed E-state index contributed by atoms with van der Waals surface area (Å²) in [5.41, 5.74) is 1.94. The SMILES string of the molecule is CCCC(=O)Nc1cccc(CNC(=NC)NC(C)CCCN(CC)CC)c1. The topological polar surface area (TPSA) is 68.8 Å². The maximum absolute atomic E-state index is 11.8. The summed E-state index contributed by atoms with van der Waals surface area (Å²) in [6, 6.07) is 8.29. The molecule has 1 aromatic carbocycles. The van der Waals surface area contributed by atoms with E-state index < -0.39 is 0 Å². The van der Waals surface area contributed by atoms with Crippen LogP contribution in [0, 0.1) is 0 Å². The summed E-state index contributed by atoms with van der Waals surface area (Å²) in [5.74, 6) is 0.861. The van der Waals surface area contributed by atoms with Crippen LogP contribution in [0.25, 0.3) is 0 Å². The zero-order chi connectivity index (χ0) is 20.8. The maximum Gasteiger partial charge on any atom is 0.224 e. The van der Waals surface area contributed by atoms with Crippen LogP contribution in [0.5, 0.6) is 0 Å². The van der Waals surface area contributed by atoms with E-state index in [1.54, 1.807) is 7.05 Å². The Hall–Kier alpha value is -2.08. The number of anilines is 1. The third-order valence-corrected chi connectivity index (χ3v) is 4.76. The molecule has 0 bridgehead atoms. The highest BCUT2D eigenvalue weighted by Gasteiger charge is 2.07. The Kier molecular flexibility index (Phi) is 12.0. The minimum absolute atomic E-state index is 0.0589. The van der Waals surface area contributed by atoms with E-state index in [1.807, 2.05) is 31.2 Å². The van der Waals surface area contributed by atoms with Crippen molar-refractivity contribution in [1.82, 2.24) is 15.5 Å². The lowest BCUT2D eigenvalue weighted by molar-refractivity contribution is -0.116. The molecule has 6 heteroatoms. The molecule has 0 aromatic heterocycles. The first-order valence-electron chi connectivity index (χ1n) is 10.6. The summed E-state index contributed by atoms with van der Waals surface area (Å²) in [6.45, 7) is 12.6. The summed E-state index contributed by atoms with van der Waals surface area (Å²) in [4.78, 5) is 18.5. The zero-order valence-corrected chi connectivity index (χ0v) is 18.3. The van der Waals surface area contributed by atoms with E-state index in [9.17, 15) is 4.79 Å². The number of aliphatic imine (C=N–C) groups is 1. The highest BCUT2D eigenvalue weighted by atomic mass is 16.1. The van der Waals surface area contributed by atoms with Crippen LogP contribution in [0.4, 0.5) is 5.69 Å². The van der Waals surface area contributed by atoms with Crippen molar-refractivity contribution in [3.63, 3.8) is 0 Å². The van der Waals surface area contributed by atoms with Gasteiger partial charge in [-0.25, -0.2) is 0 Å². The van der Waals surface area contributed by atoms with Crippen molar-refractivity contribution < 1.29 is 4.79 Å². The molecule has 0 saturated carbocycles. The minimum atomic E-state index is 0.0589. The number of hydrogen-bond donors (Lipinski definition) is 3. The minimum Gasteiger partial charge on any atom is -0.354 e. The second-order valence-electron chi connectivity index (χ2n) is 7.14. The normalized spacial score (nSPS) is 12.7. The second kappa shape index (κ2) is 14.0. The largest absolute Gasteiger partial charge is 0.354 e. The van der Waals surface area contributed by atoms with Gasteiger partial charge in [-0.05, 0) is 63.5 Å². The summed E-state index contributed by atoms with van der Waals surface area (Å²) >= 11 is 0. The fourth-order valence-electron chi connectivity index (χ4n) is 3.06. The average molecular weight is 390 g/mol. The Morgan fingerprint density at radius 2 is 1.96 bits per heavy atom. The molecule has 1 rings (SSSR count). The van der Waals surface area contributed by atoms with Crippen molar-refractivity contribution in [2.45, 2.75) is 66.0 Å². The molecule has 158 valence electrons. The second-order valence-corrected chi connectivity index (χ2v) is 7.14. The number of hydrogen-bond acceptors (Lipinski definition) is 3. The van der Waals surface area contributed by atoms with Crippen molar-refractivity contribution in [1.29, 1.82) is 0 Å². The number of carbonyl (C=O) groups excluding carboxylic acids is 1. The fraction of sp³-hybridized carbons (Fsp3) is 0.636. The molecule has 0 heterocycles. The highest BCUT2D eigenvalue weighted by molar-refractivity contribution is 5.90. The molecule has 0 aliphatic rings. The van der Waals surface area contributed by atoms with Gasteiger partial charge in [0, 0.05) is 31.7 Å².